The van der Waals surface area contributed by atoms with Gasteiger partial charge in [0.25, 0.3) is 10.1 Å². The van der Waals surface area contributed by atoms with Gasteiger partial charge >= 0.3 is 0 Å². The third kappa shape index (κ3) is 5.94. The molecule has 8 heteroatoms. The van der Waals surface area contributed by atoms with Crippen molar-refractivity contribution in [2.24, 2.45) is 0 Å². The van der Waals surface area contributed by atoms with Gasteiger partial charge in [-0.2, -0.15) is 8.42 Å². The molecular weight excluding hydrogens is 482 g/mol. The molecule has 0 saturated carbocycles. The smallest absolute Gasteiger partial charge is 0.295 e. The summed E-state index contributed by atoms with van der Waals surface area (Å²) in [4.78, 5) is -0.0789. The van der Waals surface area contributed by atoms with Crippen LogP contribution < -0.4 is 4.31 Å². The van der Waals surface area contributed by atoms with Crippen LogP contribution >= 0.6 is 0 Å². The monoisotopic (exact) mass is 514 g/mol. The van der Waals surface area contributed by atoms with Crippen molar-refractivity contribution in [3.05, 3.63) is 70.8 Å². The SMILES string of the molecule is CC(C)c1ccc2c(CCCCN(c3ccc4c(c3)CCCC4)S(=O)[O-])cc(S(=O)(=O)O)c-2cc1. The molecule has 0 amide bonds. The Kier molecular flexibility index (Phi) is 7.96. The van der Waals surface area contributed by atoms with Crippen LogP contribution in [0.25, 0.3) is 11.1 Å². The van der Waals surface area contributed by atoms with Crippen LogP contribution in [0, 0.1) is 0 Å². The predicted octanol–water partition coefficient (Wildman–Crippen LogP) is 5.66. The van der Waals surface area contributed by atoms with Gasteiger partial charge in [0.1, 0.15) is 4.90 Å². The fourth-order valence-electron chi connectivity index (χ4n) is 4.94. The zero-order valence-corrected chi connectivity index (χ0v) is 21.8. The highest BCUT2D eigenvalue weighted by molar-refractivity contribution is 7.86. The number of rotatable bonds is 9. The summed E-state index contributed by atoms with van der Waals surface area (Å²) in [5.41, 5.74) is 6.45. The Morgan fingerprint density at radius 2 is 1.66 bits per heavy atom. The molecule has 3 aliphatic carbocycles. The van der Waals surface area contributed by atoms with Crippen molar-refractivity contribution in [2.75, 3.05) is 10.8 Å². The van der Waals surface area contributed by atoms with Gasteiger partial charge in [-0.1, -0.05) is 44.2 Å². The first kappa shape index (κ1) is 25.8. The van der Waals surface area contributed by atoms with Crippen LogP contribution in [-0.2, 0) is 40.6 Å². The summed E-state index contributed by atoms with van der Waals surface area (Å²) in [6, 6.07) is 15.0. The average molecular weight is 515 g/mol. The van der Waals surface area contributed by atoms with Crippen LogP contribution in [0.5, 0.6) is 0 Å². The van der Waals surface area contributed by atoms with Gasteiger partial charge in [-0.05, 0) is 96.9 Å². The second-order valence-electron chi connectivity index (χ2n) is 9.59. The van der Waals surface area contributed by atoms with E-state index in [0.717, 1.165) is 36.0 Å². The maximum absolute atomic E-state index is 12.0. The second kappa shape index (κ2) is 10.8. The lowest BCUT2D eigenvalue weighted by Gasteiger charge is -2.28. The van der Waals surface area contributed by atoms with Crippen LogP contribution in [0.3, 0.4) is 0 Å². The Hall–Kier alpha value is -2.26. The Balaban J connectivity index is 1.49. The van der Waals surface area contributed by atoms with E-state index in [4.69, 9.17) is 0 Å². The molecule has 0 radical (unpaired) electrons. The summed E-state index contributed by atoms with van der Waals surface area (Å²) in [5.74, 6) is 0.284. The highest BCUT2D eigenvalue weighted by Crippen LogP contribution is 2.36. The number of anilines is 1. The largest absolute Gasteiger partial charge is 0.755 e. The highest BCUT2D eigenvalue weighted by atomic mass is 32.2. The minimum atomic E-state index is -4.36. The molecule has 0 fully saturated rings. The van der Waals surface area contributed by atoms with Crippen molar-refractivity contribution in [1.29, 1.82) is 0 Å². The second-order valence-corrected chi connectivity index (χ2v) is 11.9. The van der Waals surface area contributed by atoms with Gasteiger partial charge in [0.05, 0.1) is 0 Å². The fraction of sp³-hybridized carbons (Fsp3) is 0.407. The molecule has 1 unspecified atom stereocenters. The predicted molar refractivity (Wildman–Crippen MR) is 139 cm³/mol. The fourth-order valence-corrected chi connectivity index (χ4v) is 6.25. The van der Waals surface area contributed by atoms with Crippen LogP contribution in [0.1, 0.15) is 67.7 Å². The first-order valence-electron chi connectivity index (χ1n) is 12.2. The molecule has 1 N–H and O–H groups in total. The van der Waals surface area contributed by atoms with E-state index in [9.17, 15) is 21.7 Å². The zero-order valence-electron chi connectivity index (χ0n) is 20.2. The number of fused-ring (bicyclic) bond motifs is 2. The number of hydrogen-bond acceptors (Lipinski definition) is 4. The molecule has 0 bridgehead atoms. The summed E-state index contributed by atoms with van der Waals surface area (Å²) in [7, 11) is -4.36. The number of nitrogens with zero attached hydrogens (tertiary/aromatic N) is 1. The first-order chi connectivity index (χ1) is 16.6. The zero-order chi connectivity index (χ0) is 25.2. The van der Waals surface area contributed by atoms with Crippen molar-refractivity contribution in [3.8, 4) is 11.1 Å². The topological polar surface area (TPSA) is 97.7 Å². The summed E-state index contributed by atoms with van der Waals surface area (Å²) in [6.07, 6.45) is 6.22. The quantitative estimate of drug-likeness (QED) is 0.226. The molecule has 0 spiro atoms. The first-order valence-corrected chi connectivity index (χ1v) is 14.6. The van der Waals surface area contributed by atoms with Crippen molar-refractivity contribution >= 4 is 27.1 Å². The summed E-state index contributed by atoms with van der Waals surface area (Å²) >= 11 is -2.38. The van der Waals surface area contributed by atoms with Crippen molar-refractivity contribution in [2.45, 2.75) is 69.6 Å². The standard InChI is InChI=1S/C27H33NO5S2/c1-19(2)20-11-14-25-23(18-27(35(31,32)33)26(25)15-12-20)9-5-6-16-28(34(29)30)24-13-10-21-7-3-4-8-22(21)17-24/h10-15,17-19H,3-9,16H2,1-2H3,(H,29,30)(H,31,32,33)/p-1. The van der Waals surface area contributed by atoms with Gasteiger partial charge < -0.3 is 8.86 Å². The van der Waals surface area contributed by atoms with Crippen molar-refractivity contribution in [3.63, 3.8) is 0 Å². The van der Waals surface area contributed by atoms with Crippen molar-refractivity contribution in [1.82, 2.24) is 0 Å². The van der Waals surface area contributed by atoms with Crippen LogP contribution in [0.4, 0.5) is 5.69 Å². The van der Waals surface area contributed by atoms with E-state index in [1.165, 1.54) is 21.9 Å². The summed E-state index contributed by atoms with van der Waals surface area (Å²) in [6.45, 7) is 4.49. The third-order valence-corrected chi connectivity index (χ3v) is 8.54. The van der Waals surface area contributed by atoms with Gasteiger partial charge in [-0.25, -0.2) is 0 Å². The number of aryl methyl sites for hydroxylation is 3. The normalized spacial score (nSPS) is 14.8. The minimum absolute atomic E-state index is 0.0789. The molecule has 0 saturated heterocycles. The molecular formula is C27H32NO5S2-. The average Bonchev–Trinajstić information content (AvgIpc) is 3.01. The molecule has 6 nitrogen and oxygen atoms in total. The highest BCUT2D eigenvalue weighted by Gasteiger charge is 2.23. The molecule has 4 rings (SSSR count). The molecule has 1 aromatic carbocycles. The molecule has 3 aliphatic rings. The molecule has 0 heterocycles. The Morgan fingerprint density at radius 1 is 0.971 bits per heavy atom. The van der Waals surface area contributed by atoms with Gasteiger partial charge in [0.15, 0.2) is 0 Å². The lowest BCUT2D eigenvalue weighted by Crippen LogP contribution is -2.27. The van der Waals surface area contributed by atoms with E-state index >= 15 is 0 Å². The third-order valence-electron chi connectivity index (χ3n) is 6.89. The van der Waals surface area contributed by atoms with Gasteiger partial charge in [-0.3, -0.25) is 8.76 Å². The van der Waals surface area contributed by atoms with E-state index < -0.39 is 21.4 Å². The Morgan fingerprint density at radius 3 is 2.31 bits per heavy atom. The summed E-state index contributed by atoms with van der Waals surface area (Å²) < 4.78 is 59.1. The lowest BCUT2D eigenvalue weighted by molar-refractivity contribution is 0.483. The molecule has 188 valence electrons. The van der Waals surface area contributed by atoms with E-state index in [0.29, 0.717) is 37.1 Å². The van der Waals surface area contributed by atoms with Crippen LogP contribution in [-0.4, -0.2) is 28.3 Å². The van der Waals surface area contributed by atoms with E-state index in [2.05, 4.69) is 13.8 Å². The van der Waals surface area contributed by atoms with Crippen molar-refractivity contribution < 1.29 is 21.7 Å². The minimum Gasteiger partial charge on any atom is -0.755 e. The number of hydrogen-bond donors (Lipinski definition) is 1. The van der Waals surface area contributed by atoms with Gasteiger partial charge in [-0.15, -0.1) is 0 Å². The van der Waals surface area contributed by atoms with Gasteiger partial charge in [0.2, 0.25) is 0 Å². The Labute approximate surface area is 210 Å². The Bertz CT molecular complexity index is 1300. The molecule has 1 aromatic rings. The maximum atomic E-state index is 12.0. The lowest BCUT2D eigenvalue weighted by atomic mass is 9.91. The molecule has 0 aliphatic heterocycles. The molecule has 0 aromatic heterocycles. The number of benzene rings is 1. The molecule has 35 heavy (non-hydrogen) atoms. The molecule has 1 atom stereocenters. The van der Waals surface area contributed by atoms with E-state index in [1.54, 1.807) is 12.1 Å². The van der Waals surface area contributed by atoms with E-state index in [-0.39, 0.29) is 10.8 Å². The van der Waals surface area contributed by atoms with Crippen LogP contribution in [0.2, 0.25) is 0 Å². The van der Waals surface area contributed by atoms with E-state index in [1.807, 2.05) is 36.4 Å². The number of unbranched alkanes of at least 4 members (excludes halogenated alkanes) is 1. The maximum Gasteiger partial charge on any atom is 0.295 e. The van der Waals surface area contributed by atoms with Gasteiger partial charge in [0, 0.05) is 29.1 Å². The summed E-state index contributed by atoms with van der Waals surface area (Å²) in [5, 5.41) is 0. The van der Waals surface area contributed by atoms with Crippen LogP contribution in [0.15, 0.2) is 53.4 Å².